The molecule has 8 heteroatoms. The largest absolute Gasteiger partial charge is 0.378 e. The smallest absolute Gasteiger partial charge is 0.272 e. The van der Waals surface area contributed by atoms with E-state index >= 15 is 0 Å². The molecular weight excluding hydrogens is 617 g/mol. The number of rotatable bonds is 11. The third-order valence-corrected chi connectivity index (χ3v) is 8.67. The molecule has 0 spiro atoms. The summed E-state index contributed by atoms with van der Waals surface area (Å²) in [5.74, 6) is -1.03. The summed E-state index contributed by atoms with van der Waals surface area (Å²) in [5.41, 5.74) is 6.54. The SMILES string of the molecule is Cc1cc(C)cc(NC(=O)C(Sc2cccc(NC(=O)/C(=C\c3ccc(N(C)C)cc3)NC(=O)c3ccccc3)c2)c2ccccc2)c1. The molecule has 1 atom stereocenters. The van der Waals surface area contributed by atoms with Crippen molar-refractivity contribution in [1.82, 2.24) is 5.32 Å². The second-order valence-corrected chi connectivity index (χ2v) is 12.8. The minimum atomic E-state index is -0.552. The number of benzene rings is 5. The number of hydrogen-bond donors (Lipinski definition) is 3. The van der Waals surface area contributed by atoms with E-state index in [2.05, 4.69) is 22.0 Å². The molecule has 0 aliphatic carbocycles. The van der Waals surface area contributed by atoms with E-state index in [0.717, 1.165) is 38.5 Å². The summed E-state index contributed by atoms with van der Waals surface area (Å²) in [4.78, 5) is 43.3. The van der Waals surface area contributed by atoms with Gasteiger partial charge in [-0.3, -0.25) is 14.4 Å². The van der Waals surface area contributed by atoms with E-state index in [4.69, 9.17) is 0 Å². The summed E-state index contributed by atoms with van der Waals surface area (Å²) < 4.78 is 0. The monoisotopic (exact) mass is 654 g/mol. The van der Waals surface area contributed by atoms with Crippen molar-refractivity contribution in [3.05, 3.63) is 161 Å². The first-order valence-corrected chi connectivity index (χ1v) is 16.4. The summed E-state index contributed by atoms with van der Waals surface area (Å²) in [6.45, 7) is 4.00. The van der Waals surface area contributed by atoms with E-state index in [-0.39, 0.29) is 11.6 Å². The highest BCUT2D eigenvalue weighted by Crippen LogP contribution is 2.37. The van der Waals surface area contributed by atoms with Crippen LogP contribution in [0.3, 0.4) is 0 Å². The van der Waals surface area contributed by atoms with E-state index in [1.54, 1.807) is 36.4 Å². The summed E-state index contributed by atoms with van der Waals surface area (Å²) in [7, 11) is 3.91. The average Bonchev–Trinajstić information content (AvgIpc) is 3.07. The van der Waals surface area contributed by atoms with Gasteiger partial charge >= 0.3 is 0 Å². The van der Waals surface area contributed by atoms with E-state index < -0.39 is 17.1 Å². The number of aryl methyl sites for hydroxylation is 2. The first-order valence-electron chi connectivity index (χ1n) is 15.5. The topological polar surface area (TPSA) is 90.5 Å². The van der Waals surface area contributed by atoms with Crippen LogP contribution in [0.2, 0.25) is 0 Å². The van der Waals surface area contributed by atoms with Crippen LogP contribution in [-0.2, 0) is 9.59 Å². The lowest BCUT2D eigenvalue weighted by Gasteiger charge is -2.18. The molecule has 0 radical (unpaired) electrons. The van der Waals surface area contributed by atoms with Gasteiger partial charge in [-0.25, -0.2) is 0 Å². The summed E-state index contributed by atoms with van der Waals surface area (Å²) in [5, 5.41) is 8.27. The molecule has 1 unspecified atom stereocenters. The van der Waals surface area contributed by atoms with Gasteiger partial charge in [-0.2, -0.15) is 0 Å². The maximum absolute atomic E-state index is 13.7. The Kier molecular flexibility index (Phi) is 11.1. The molecule has 0 saturated heterocycles. The Morgan fingerprint density at radius 1 is 0.688 bits per heavy atom. The zero-order chi connectivity index (χ0) is 34.0. The van der Waals surface area contributed by atoms with Crippen LogP contribution in [0.5, 0.6) is 0 Å². The maximum atomic E-state index is 13.7. The zero-order valence-corrected chi connectivity index (χ0v) is 28.2. The fourth-order valence-corrected chi connectivity index (χ4v) is 6.20. The average molecular weight is 655 g/mol. The fraction of sp³-hybridized carbons (Fsp3) is 0.125. The van der Waals surface area contributed by atoms with Crippen molar-refractivity contribution in [3.8, 4) is 0 Å². The van der Waals surface area contributed by atoms with Gasteiger partial charge in [0.25, 0.3) is 11.8 Å². The molecule has 0 saturated carbocycles. The van der Waals surface area contributed by atoms with Gasteiger partial charge in [-0.1, -0.05) is 72.8 Å². The van der Waals surface area contributed by atoms with Gasteiger partial charge in [0.15, 0.2) is 0 Å². The Balaban J connectivity index is 1.38. The summed E-state index contributed by atoms with van der Waals surface area (Å²) >= 11 is 1.39. The molecule has 5 aromatic rings. The Hall–Kier alpha value is -5.60. The van der Waals surface area contributed by atoms with Gasteiger partial charge in [-0.15, -0.1) is 11.8 Å². The van der Waals surface area contributed by atoms with Crippen LogP contribution >= 0.6 is 11.8 Å². The molecule has 0 aromatic heterocycles. The van der Waals surface area contributed by atoms with Gasteiger partial charge in [-0.05, 0) is 96.8 Å². The van der Waals surface area contributed by atoms with Crippen LogP contribution in [0.1, 0.15) is 37.9 Å². The minimum absolute atomic E-state index is 0.0921. The fourth-order valence-electron chi connectivity index (χ4n) is 5.11. The van der Waals surface area contributed by atoms with Crippen molar-refractivity contribution in [2.45, 2.75) is 24.0 Å². The molecule has 0 aliphatic rings. The highest BCUT2D eigenvalue weighted by atomic mass is 32.2. The van der Waals surface area contributed by atoms with Crippen LogP contribution in [0.25, 0.3) is 6.08 Å². The minimum Gasteiger partial charge on any atom is -0.378 e. The van der Waals surface area contributed by atoms with Crippen LogP contribution in [0.4, 0.5) is 17.1 Å². The van der Waals surface area contributed by atoms with Crippen LogP contribution in [0.15, 0.2) is 138 Å². The molecule has 0 bridgehead atoms. The van der Waals surface area contributed by atoms with E-state index in [1.807, 2.05) is 124 Å². The molecule has 7 nitrogen and oxygen atoms in total. The number of carbonyl (C=O) groups excluding carboxylic acids is 3. The number of nitrogens with zero attached hydrogens (tertiary/aromatic N) is 1. The molecule has 0 aliphatic heterocycles. The number of anilines is 3. The predicted molar refractivity (Wildman–Crippen MR) is 197 cm³/mol. The normalized spacial score (nSPS) is 11.7. The Morgan fingerprint density at radius 2 is 1.33 bits per heavy atom. The van der Waals surface area contributed by atoms with Gasteiger partial charge in [0, 0.05) is 41.6 Å². The van der Waals surface area contributed by atoms with Crippen molar-refractivity contribution >= 4 is 52.6 Å². The molecule has 5 rings (SSSR count). The molecule has 5 aromatic carbocycles. The van der Waals surface area contributed by atoms with Gasteiger partial charge in [0.1, 0.15) is 10.9 Å². The van der Waals surface area contributed by atoms with E-state index in [1.165, 1.54) is 11.8 Å². The molecular formula is C40H38N4O3S. The molecule has 242 valence electrons. The van der Waals surface area contributed by atoms with Crippen LogP contribution in [0, 0.1) is 13.8 Å². The quantitative estimate of drug-likeness (QED) is 0.0986. The van der Waals surface area contributed by atoms with Crippen molar-refractivity contribution in [2.75, 3.05) is 29.6 Å². The van der Waals surface area contributed by atoms with Crippen molar-refractivity contribution < 1.29 is 14.4 Å². The summed E-state index contributed by atoms with van der Waals surface area (Å²) in [6.07, 6.45) is 1.65. The lowest BCUT2D eigenvalue weighted by molar-refractivity contribution is -0.116. The Labute approximate surface area is 286 Å². The van der Waals surface area contributed by atoms with Crippen LogP contribution in [-0.4, -0.2) is 31.8 Å². The molecule has 0 fully saturated rings. The first kappa shape index (κ1) is 33.8. The lowest BCUT2D eigenvalue weighted by atomic mass is 10.1. The van der Waals surface area contributed by atoms with Crippen molar-refractivity contribution in [3.63, 3.8) is 0 Å². The van der Waals surface area contributed by atoms with Crippen LogP contribution < -0.4 is 20.9 Å². The number of nitrogens with one attached hydrogen (secondary N) is 3. The van der Waals surface area contributed by atoms with E-state index in [0.29, 0.717) is 11.3 Å². The van der Waals surface area contributed by atoms with Crippen molar-refractivity contribution in [1.29, 1.82) is 0 Å². The standard InChI is InChI=1S/C40H38N4O3S/c1-27-22-28(2)24-33(23-27)42-40(47)37(30-12-7-5-8-13-30)48-35-17-11-16-32(26-35)41-39(46)36(43-38(45)31-14-9-6-10-15-31)25-29-18-20-34(21-19-29)44(3)4/h5-26,37H,1-4H3,(H,41,46)(H,42,47)(H,43,45)/b36-25+. The first-order chi connectivity index (χ1) is 23.1. The van der Waals surface area contributed by atoms with Crippen molar-refractivity contribution in [2.24, 2.45) is 0 Å². The van der Waals surface area contributed by atoms with Gasteiger partial charge in [0.05, 0.1) is 0 Å². The van der Waals surface area contributed by atoms with E-state index in [9.17, 15) is 14.4 Å². The summed E-state index contributed by atoms with van der Waals surface area (Å²) in [6, 6.07) is 39.3. The highest BCUT2D eigenvalue weighted by molar-refractivity contribution is 8.00. The third-order valence-electron chi connectivity index (χ3n) is 7.42. The third kappa shape index (κ3) is 9.24. The number of amides is 3. The highest BCUT2D eigenvalue weighted by Gasteiger charge is 2.23. The molecule has 3 N–H and O–H groups in total. The van der Waals surface area contributed by atoms with Gasteiger partial charge in [0.2, 0.25) is 5.91 Å². The van der Waals surface area contributed by atoms with Gasteiger partial charge < -0.3 is 20.9 Å². The number of hydrogen-bond acceptors (Lipinski definition) is 5. The number of carbonyl (C=O) groups is 3. The Morgan fingerprint density at radius 3 is 1.98 bits per heavy atom. The Bertz CT molecular complexity index is 1900. The lowest BCUT2D eigenvalue weighted by Crippen LogP contribution is -2.30. The predicted octanol–water partition coefficient (Wildman–Crippen LogP) is 8.25. The zero-order valence-electron chi connectivity index (χ0n) is 27.4. The second-order valence-electron chi connectivity index (χ2n) is 11.6. The maximum Gasteiger partial charge on any atom is 0.272 e. The molecule has 48 heavy (non-hydrogen) atoms. The molecule has 0 heterocycles. The molecule has 3 amide bonds. The second kappa shape index (κ2) is 15.8. The number of thioether (sulfide) groups is 1.